The van der Waals surface area contributed by atoms with Crippen molar-refractivity contribution in [2.24, 2.45) is 0 Å². The number of nitrogens with zero attached hydrogens (tertiary/aromatic N) is 1. The van der Waals surface area contributed by atoms with E-state index < -0.39 is 0 Å². The fraction of sp³-hybridized carbons (Fsp3) is 0.875. The molecule has 1 rings (SSSR count). The molecule has 0 bridgehead atoms. The lowest BCUT2D eigenvalue weighted by Crippen LogP contribution is -2.44. The van der Waals surface area contributed by atoms with E-state index in [0.717, 1.165) is 24.7 Å². The Morgan fingerprint density at radius 1 is 1.77 bits per heavy atom. The third-order valence-electron chi connectivity index (χ3n) is 2.09. The standard InChI is InChI=1S/C8H17N3OS/c1-9-3-4-11(2)8(12)7-5-13-6-10-7/h7,9-10H,3-6H2,1-2H3. The number of amides is 1. The summed E-state index contributed by atoms with van der Waals surface area (Å²) in [7, 11) is 3.74. The molecule has 1 unspecified atom stereocenters. The Bertz CT molecular complexity index is 171. The van der Waals surface area contributed by atoms with Crippen LogP contribution in [0.1, 0.15) is 0 Å². The molecule has 1 atom stereocenters. The van der Waals surface area contributed by atoms with Gasteiger partial charge in [-0.15, -0.1) is 11.8 Å². The molecular weight excluding hydrogens is 186 g/mol. The van der Waals surface area contributed by atoms with Crippen LogP contribution in [-0.2, 0) is 4.79 Å². The average molecular weight is 203 g/mol. The number of hydrogen-bond acceptors (Lipinski definition) is 4. The third-order valence-corrected chi connectivity index (χ3v) is 3.03. The molecule has 13 heavy (non-hydrogen) atoms. The molecule has 1 saturated heterocycles. The van der Waals surface area contributed by atoms with Crippen LogP contribution in [0.15, 0.2) is 0 Å². The first-order valence-electron chi connectivity index (χ1n) is 4.46. The largest absolute Gasteiger partial charge is 0.343 e. The van der Waals surface area contributed by atoms with Gasteiger partial charge in [0.15, 0.2) is 0 Å². The zero-order valence-corrected chi connectivity index (χ0v) is 8.99. The second kappa shape index (κ2) is 5.47. The summed E-state index contributed by atoms with van der Waals surface area (Å²) in [5.74, 6) is 2.01. The summed E-state index contributed by atoms with van der Waals surface area (Å²) < 4.78 is 0. The normalized spacial score (nSPS) is 21.8. The molecule has 0 saturated carbocycles. The Hall–Kier alpha value is -0.260. The molecule has 0 aliphatic carbocycles. The van der Waals surface area contributed by atoms with Gasteiger partial charge in [-0.1, -0.05) is 0 Å². The molecule has 76 valence electrons. The Morgan fingerprint density at radius 3 is 3.08 bits per heavy atom. The highest BCUT2D eigenvalue weighted by Crippen LogP contribution is 2.10. The lowest BCUT2D eigenvalue weighted by atomic mass is 10.3. The Balaban J connectivity index is 2.28. The van der Waals surface area contributed by atoms with Crippen molar-refractivity contribution >= 4 is 17.7 Å². The fourth-order valence-electron chi connectivity index (χ4n) is 1.21. The van der Waals surface area contributed by atoms with Crippen molar-refractivity contribution in [3.63, 3.8) is 0 Å². The van der Waals surface area contributed by atoms with Gasteiger partial charge in [0.2, 0.25) is 5.91 Å². The van der Waals surface area contributed by atoms with E-state index in [4.69, 9.17) is 0 Å². The summed E-state index contributed by atoms with van der Waals surface area (Å²) >= 11 is 1.78. The van der Waals surface area contributed by atoms with Crippen LogP contribution in [-0.4, -0.2) is 55.7 Å². The number of carbonyl (C=O) groups excluding carboxylic acids is 1. The van der Waals surface area contributed by atoms with Gasteiger partial charge < -0.3 is 10.2 Å². The first-order chi connectivity index (χ1) is 6.25. The molecule has 5 heteroatoms. The summed E-state index contributed by atoms with van der Waals surface area (Å²) in [6, 6.07) is 0.0341. The van der Waals surface area contributed by atoms with Crippen LogP contribution in [0.3, 0.4) is 0 Å². The number of hydrogen-bond donors (Lipinski definition) is 2. The van der Waals surface area contributed by atoms with Crippen LogP contribution in [0, 0.1) is 0 Å². The molecule has 0 aromatic heterocycles. The highest BCUT2D eigenvalue weighted by molar-refractivity contribution is 7.99. The fourth-order valence-corrected chi connectivity index (χ4v) is 2.14. The first kappa shape index (κ1) is 10.8. The van der Waals surface area contributed by atoms with Crippen molar-refractivity contribution in [2.45, 2.75) is 6.04 Å². The smallest absolute Gasteiger partial charge is 0.240 e. The van der Waals surface area contributed by atoms with E-state index in [2.05, 4.69) is 10.6 Å². The summed E-state index contributed by atoms with van der Waals surface area (Å²) in [5.41, 5.74) is 0. The Morgan fingerprint density at radius 2 is 2.54 bits per heavy atom. The molecule has 1 heterocycles. The van der Waals surface area contributed by atoms with Gasteiger partial charge in [-0.05, 0) is 7.05 Å². The van der Waals surface area contributed by atoms with E-state index in [-0.39, 0.29) is 11.9 Å². The van der Waals surface area contributed by atoms with Crippen molar-refractivity contribution in [1.29, 1.82) is 0 Å². The Kier molecular flexibility index (Phi) is 4.55. The predicted molar refractivity (Wildman–Crippen MR) is 55.8 cm³/mol. The number of thioether (sulfide) groups is 1. The number of rotatable bonds is 4. The van der Waals surface area contributed by atoms with E-state index in [9.17, 15) is 4.79 Å². The molecule has 1 amide bonds. The van der Waals surface area contributed by atoms with Gasteiger partial charge in [-0.25, -0.2) is 0 Å². The van der Waals surface area contributed by atoms with Crippen LogP contribution in [0.25, 0.3) is 0 Å². The molecule has 4 nitrogen and oxygen atoms in total. The van der Waals surface area contributed by atoms with Gasteiger partial charge in [0.1, 0.15) is 0 Å². The highest BCUT2D eigenvalue weighted by atomic mass is 32.2. The third kappa shape index (κ3) is 3.17. The zero-order valence-electron chi connectivity index (χ0n) is 8.17. The summed E-state index contributed by atoms with van der Waals surface area (Å²) in [6.45, 7) is 1.63. The molecule has 2 N–H and O–H groups in total. The molecule has 1 aliphatic rings. The van der Waals surface area contributed by atoms with Crippen LogP contribution in [0.4, 0.5) is 0 Å². The topological polar surface area (TPSA) is 44.4 Å². The van der Waals surface area contributed by atoms with Crippen LogP contribution < -0.4 is 10.6 Å². The maximum atomic E-state index is 11.7. The molecule has 0 aromatic carbocycles. The number of carbonyl (C=O) groups is 1. The minimum absolute atomic E-state index is 0.0341. The van der Waals surface area contributed by atoms with Gasteiger partial charge in [-0.2, -0.15) is 0 Å². The monoisotopic (exact) mass is 203 g/mol. The van der Waals surface area contributed by atoms with Crippen molar-refractivity contribution in [2.75, 3.05) is 38.8 Å². The van der Waals surface area contributed by atoms with Gasteiger partial charge in [0, 0.05) is 31.8 Å². The minimum Gasteiger partial charge on any atom is -0.343 e. The minimum atomic E-state index is 0.0341. The number of likely N-dealkylation sites (N-methyl/N-ethyl adjacent to an activating group) is 2. The summed E-state index contributed by atoms with van der Waals surface area (Å²) in [4.78, 5) is 13.5. The van der Waals surface area contributed by atoms with Crippen molar-refractivity contribution < 1.29 is 4.79 Å². The van der Waals surface area contributed by atoms with E-state index in [0.29, 0.717) is 0 Å². The molecule has 1 fully saturated rings. The van der Waals surface area contributed by atoms with Gasteiger partial charge in [0.25, 0.3) is 0 Å². The maximum Gasteiger partial charge on any atom is 0.240 e. The first-order valence-corrected chi connectivity index (χ1v) is 5.62. The van der Waals surface area contributed by atoms with Crippen molar-refractivity contribution in [3.8, 4) is 0 Å². The molecular formula is C8H17N3OS. The zero-order chi connectivity index (χ0) is 9.68. The molecule has 0 aromatic rings. The molecule has 1 aliphatic heterocycles. The van der Waals surface area contributed by atoms with Gasteiger partial charge in [0.05, 0.1) is 6.04 Å². The summed E-state index contributed by atoms with van der Waals surface area (Å²) in [6.07, 6.45) is 0. The quantitative estimate of drug-likeness (QED) is 0.636. The van der Waals surface area contributed by atoms with E-state index in [1.807, 2.05) is 14.1 Å². The highest BCUT2D eigenvalue weighted by Gasteiger charge is 2.24. The van der Waals surface area contributed by atoms with Gasteiger partial charge in [-0.3, -0.25) is 10.1 Å². The Labute approximate surface area is 83.4 Å². The van der Waals surface area contributed by atoms with Crippen LogP contribution in [0.2, 0.25) is 0 Å². The van der Waals surface area contributed by atoms with E-state index in [1.165, 1.54) is 0 Å². The van der Waals surface area contributed by atoms with E-state index >= 15 is 0 Å². The molecule has 0 radical (unpaired) electrons. The van der Waals surface area contributed by atoms with Crippen molar-refractivity contribution in [3.05, 3.63) is 0 Å². The second-order valence-corrected chi connectivity index (χ2v) is 4.17. The van der Waals surface area contributed by atoms with Crippen LogP contribution >= 0.6 is 11.8 Å². The van der Waals surface area contributed by atoms with Crippen LogP contribution in [0.5, 0.6) is 0 Å². The maximum absolute atomic E-state index is 11.7. The van der Waals surface area contributed by atoms with Crippen molar-refractivity contribution in [1.82, 2.24) is 15.5 Å². The van der Waals surface area contributed by atoms with E-state index in [1.54, 1.807) is 16.7 Å². The lowest BCUT2D eigenvalue weighted by Gasteiger charge is -2.20. The predicted octanol–water partition coefficient (Wildman–Crippen LogP) is -0.673. The lowest BCUT2D eigenvalue weighted by molar-refractivity contribution is -0.131. The average Bonchev–Trinajstić information content (AvgIpc) is 2.65. The van der Waals surface area contributed by atoms with Gasteiger partial charge >= 0.3 is 0 Å². The SMILES string of the molecule is CNCCN(C)C(=O)C1CSCN1. The summed E-state index contributed by atoms with van der Waals surface area (Å²) in [5, 5.41) is 6.19. The number of nitrogens with one attached hydrogen (secondary N) is 2. The molecule has 0 spiro atoms. The second-order valence-electron chi connectivity index (χ2n) is 3.14.